The Morgan fingerprint density at radius 1 is 1.35 bits per heavy atom. The van der Waals surface area contributed by atoms with Gasteiger partial charge in [-0.25, -0.2) is 4.98 Å². The second-order valence-corrected chi connectivity index (χ2v) is 9.90. The summed E-state index contributed by atoms with van der Waals surface area (Å²) in [5.74, 6) is 1.87. The largest absolute Gasteiger partial charge is 0.490 e. The Bertz CT molecular complexity index is 1140. The number of aryl methyl sites for hydroxylation is 2. The van der Waals surface area contributed by atoms with Crippen molar-refractivity contribution in [3.63, 3.8) is 0 Å². The van der Waals surface area contributed by atoms with E-state index < -0.39 is 0 Å². The molecule has 0 radical (unpaired) electrons. The van der Waals surface area contributed by atoms with Crippen molar-refractivity contribution < 1.29 is 9.53 Å². The van der Waals surface area contributed by atoms with Crippen LogP contribution in [0.5, 0.6) is 5.75 Å². The number of fused-ring (bicyclic) bond motifs is 1. The van der Waals surface area contributed by atoms with Gasteiger partial charge in [0.15, 0.2) is 0 Å². The second-order valence-electron chi connectivity index (χ2n) is 7.37. The summed E-state index contributed by atoms with van der Waals surface area (Å²) in [6, 6.07) is 7.69. The predicted octanol–water partition coefficient (Wildman–Crippen LogP) is 4.45. The van der Waals surface area contributed by atoms with Crippen LogP contribution in [-0.4, -0.2) is 39.7 Å². The quantitative estimate of drug-likeness (QED) is 0.481. The minimum atomic E-state index is -0.256. The molecule has 8 heteroatoms. The number of rotatable bonds is 9. The predicted molar refractivity (Wildman–Crippen MR) is 129 cm³/mol. The highest BCUT2D eigenvalue weighted by molar-refractivity contribution is 7.99. The molecule has 1 unspecified atom stereocenters. The number of thioether (sulfide) groups is 1. The summed E-state index contributed by atoms with van der Waals surface area (Å²) in [5, 5.41) is 0.411. The zero-order valence-corrected chi connectivity index (χ0v) is 19.9. The molecular weight excluding hydrogens is 430 g/mol. The van der Waals surface area contributed by atoms with E-state index in [1.54, 1.807) is 18.0 Å². The lowest BCUT2D eigenvalue weighted by Crippen LogP contribution is -2.33. The van der Waals surface area contributed by atoms with Gasteiger partial charge in [-0.05, 0) is 44.0 Å². The third kappa shape index (κ3) is 5.57. The molecule has 0 spiro atoms. The van der Waals surface area contributed by atoms with Gasteiger partial charge in [0.05, 0.1) is 16.4 Å². The Morgan fingerprint density at radius 2 is 2.06 bits per heavy atom. The first-order chi connectivity index (χ1) is 14.8. The molecule has 0 fully saturated rings. The number of hydrogen-bond acceptors (Lipinski definition) is 6. The number of aromatic amines is 1. The van der Waals surface area contributed by atoms with E-state index in [2.05, 4.69) is 16.5 Å². The minimum Gasteiger partial charge on any atom is -0.490 e. The summed E-state index contributed by atoms with van der Waals surface area (Å²) in [6.45, 7) is 10.4. The van der Waals surface area contributed by atoms with Crippen molar-refractivity contribution in [2.45, 2.75) is 38.3 Å². The standard InChI is InChI=1S/C23H27N3O3S2/c1-6-11-29-18-9-7-17(8-10-18)12-26(5)23(28)16(4)30-13-19-24-21(27)20-14(2)15(3)31-22(20)25-19/h6-10,16H,1,11-13H2,2-5H3,(H,24,25,27). The third-order valence-corrected chi connectivity index (χ3v) is 7.24. The van der Waals surface area contributed by atoms with Crippen LogP contribution in [-0.2, 0) is 17.1 Å². The summed E-state index contributed by atoms with van der Waals surface area (Å²) >= 11 is 3.00. The number of thiophene rings is 1. The Labute approximate surface area is 190 Å². The number of nitrogens with zero attached hydrogens (tertiary/aromatic N) is 2. The van der Waals surface area contributed by atoms with Crippen LogP contribution in [0.1, 0.15) is 28.8 Å². The second kappa shape index (κ2) is 10.2. The average Bonchev–Trinajstić information content (AvgIpc) is 3.04. The van der Waals surface area contributed by atoms with Crippen molar-refractivity contribution in [3.8, 4) is 5.75 Å². The zero-order chi connectivity index (χ0) is 22.5. The molecule has 0 aliphatic carbocycles. The molecule has 0 aliphatic heterocycles. The number of carbonyl (C=O) groups excluding carboxylic acids is 1. The van der Waals surface area contributed by atoms with Crippen LogP contribution in [0.2, 0.25) is 0 Å². The van der Waals surface area contributed by atoms with Crippen molar-refractivity contribution in [3.05, 3.63) is 69.1 Å². The van der Waals surface area contributed by atoms with Gasteiger partial charge in [-0.15, -0.1) is 23.1 Å². The van der Waals surface area contributed by atoms with E-state index in [1.165, 1.54) is 23.1 Å². The lowest BCUT2D eigenvalue weighted by atomic mass is 10.2. The summed E-state index contributed by atoms with van der Waals surface area (Å²) in [4.78, 5) is 36.2. The number of amides is 1. The monoisotopic (exact) mass is 457 g/mol. The Balaban J connectivity index is 1.58. The van der Waals surface area contributed by atoms with Gasteiger partial charge in [-0.1, -0.05) is 24.8 Å². The van der Waals surface area contributed by atoms with E-state index in [4.69, 9.17) is 4.74 Å². The molecule has 31 heavy (non-hydrogen) atoms. The first-order valence-electron chi connectivity index (χ1n) is 9.98. The lowest BCUT2D eigenvalue weighted by Gasteiger charge is -2.21. The van der Waals surface area contributed by atoms with E-state index in [0.717, 1.165) is 26.6 Å². The number of nitrogens with one attached hydrogen (secondary N) is 1. The first-order valence-corrected chi connectivity index (χ1v) is 11.8. The molecule has 1 amide bonds. The van der Waals surface area contributed by atoms with Crippen LogP contribution in [0.3, 0.4) is 0 Å². The number of carbonyl (C=O) groups is 1. The van der Waals surface area contributed by atoms with Gasteiger partial charge in [-0.3, -0.25) is 9.59 Å². The van der Waals surface area contributed by atoms with E-state index in [9.17, 15) is 9.59 Å². The lowest BCUT2D eigenvalue weighted by molar-refractivity contribution is -0.129. The van der Waals surface area contributed by atoms with E-state index in [0.29, 0.717) is 30.1 Å². The number of H-pyrrole nitrogens is 1. The number of hydrogen-bond donors (Lipinski definition) is 1. The molecule has 0 bridgehead atoms. The number of ether oxygens (including phenoxy) is 1. The van der Waals surface area contributed by atoms with Crippen LogP contribution in [0, 0.1) is 13.8 Å². The highest BCUT2D eigenvalue weighted by Gasteiger charge is 2.19. The van der Waals surface area contributed by atoms with Crippen LogP contribution < -0.4 is 10.3 Å². The molecule has 6 nitrogen and oxygen atoms in total. The average molecular weight is 458 g/mol. The maximum Gasteiger partial charge on any atom is 0.259 e. The highest BCUT2D eigenvalue weighted by atomic mass is 32.2. The van der Waals surface area contributed by atoms with Gasteiger partial charge in [0.2, 0.25) is 5.91 Å². The molecule has 164 valence electrons. The maximum atomic E-state index is 12.8. The van der Waals surface area contributed by atoms with Crippen LogP contribution in [0.25, 0.3) is 10.2 Å². The van der Waals surface area contributed by atoms with E-state index in [-0.39, 0.29) is 16.7 Å². The fourth-order valence-corrected chi connectivity index (χ4v) is 5.07. The highest BCUT2D eigenvalue weighted by Crippen LogP contribution is 2.26. The molecule has 1 aromatic carbocycles. The fraction of sp³-hybridized carbons (Fsp3) is 0.348. The SMILES string of the molecule is C=CCOc1ccc(CN(C)C(=O)C(C)SCc2nc3sc(C)c(C)c3c(=O)[nH]2)cc1. The van der Waals surface area contributed by atoms with Gasteiger partial charge < -0.3 is 14.6 Å². The molecule has 2 heterocycles. The van der Waals surface area contributed by atoms with E-state index >= 15 is 0 Å². The molecule has 0 saturated carbocycles. The molecule has 0 saturated heterocycles. The maximum absolute atomic E-state index is 12.8. The van der Waals surface area contributed by atoms with Gasteiger partial charge in [0.25, 0.3) is 5.56 Å². The number of aromatic nitrogens is 2. The molecule has 1 atom stereocenters. The molecule has 0 aliphatic rings. The van der Waals surface area contributed by atoms with Crippen molar-refractivity contribution >= 4 is 39.2 Å². The third-order valence-electron chi connectivity index (χ3n) is 4.99. The topological polar surface area (TPSA) is 75.3 Å². The molecule has 2 aromatic heterocycles. The summed E-state index contributed by atoms with van der Waals surface area (Å²) in [5.41, 5.74) is 1.90. The van der Waals surface area contributed by atoms with Gasteiger partial charge >= 0.3 is 0 Å². The van der Waals surface area contributed by atoms with Crippen molar-refractivity contribution in [1.82, 2.24) is 14.9 Å². The smallest absolute Gasteiger partial charge is 0.259 e. The number of benzene rings is 1. The van der Waals surface area contributed by atoms with Gasteiger partial charge in [0, 0.05) is 18.5 Å². The summed E-state index contributed by atoms with van der Waals surface area (Å²) in [7, 11) is 1.80. The van der Waals surface area contributed by atoms with Gasteiger partial charge in [-0.2, -0.15) is 0 Å². The molecular formula is C23H27N3O3S2. The fourth-order valence-electron chi connectivity index (χ4n) is 3.15. The van der Waals surface area contributed by atoms with Gasteiger partial charge in [0.1, 0.15) is 23.0 Å². The minimum absolute atomic E-state index is 0.0308. The molecule has 1 N–H and O–H groups in total. The molecule has 3 aromatic rings. The van der Waals surface area contributed by atoms with Crippen LogP contribution in [0.15, 0.2) is 41.7 Å². The van der Waals surface area contributed by atoms with Crippen molar-refractivity contribution in [2.24, 2.45) is 0 Å². The summed E-state index contributed by atoms with van der Waals surface area (Å²) < 4.78 is 5.49. The summed E-state index contributed by atoms with van der Waals surface area (Å²) in [6.07, 6.45) is 1.70. The zero-order valence-electron chi connectivity index (χ0n) is 18.2. The Morgan fingerprint density at radius 3 is 2.74 bits per heavy atom. The normalized spacial score (nSPS) is 12.0. The van der Waals surface area contributed by atoms with E-state index in [1.807, 2.05) is 45.0 Å². The van der Waals surface area contributed by atoms with Crippen LogP contribution >= 0.6 is 23.1 Å². The van der Waals surface area contributed by atoms with Crippen molar-refractivity contribution in [1.29, 1.82) is 0 Å². The first kappa shape index (κ1) is 23.1. The molecule has 3 rings (SSSR count). The Hall–Kier alpha value is -2.58. The van der Waals surface area contributed by atoms with Crippen molar-refractivity contribution in [2.75, 3.05) is 13.7 Å². The Kier molecular flexibility index (Phi) is 7.56. The van der Waals surface area contributed by atoms with Crippen LogP contribution in [0.4, 0.5) is 0 Å².